The van der Waals surface area contributed by atoms with Crippen molar-refractivity contribution < 1.29 is 19.1 Å². The highest BCUT2D eigenvalue weighted by Crippen LogP contribution is 2.34. The lowest BCUT2D eigenvalue weighted by Gasteiger charge is -2.24. The molecular weight excluding hydrogens is 456 g/mol. The summed E-state index contributed by atoms with van der Waals surface area (Å²) < 4.78 is 12.7. The van der Waals surface area contributed by atoms with Gasteiger partial charge in [0.05, 0.1) is 25.8 Å². The first-order chi connectivity index (χ1) is 17.6. The number of hydrogen-bond acceptors (Lipinski definition) is 5. The molecule has 0 radical (unpaired) electrons. The number of nitrogens with zero attached hydrogens (tertiary/aromatic N) is 3. The molecule has 2 amide bonds. The number of aromatic nitrogens is 2. The molecule has 3 heterocycles. The van der Waals surface area contributed by atoms with E-state index in [0.29, 0.717) is 40.6 Å². The Labute approximate surface area is 209 Å². The van der Waals surface area contributed by atoms with Crippen LogP contribution in [0, 0.1) is 0 Å². The van der Waals surface area contributed by atoms with Gasteiger partial charge in [-0.05, 0) is 55.3 Å². The number of methoxy groups -OCH3 is 2. The molecule has 8 heteroatoms. The van der Waals surface area contributed by atoms with Gasteiger partial charge in [0, 0.05) is 30.4 Å². The molecule has 0 aliphatic carbocycles. The summed E-state index contributed by atoms with van der Waals surface area (Å²) in [5, 5.41) is 2.97. The van der Waals surface area contributed by atoms with Crippen molar-refractivity contribution in [1.29, 1.82) is 0 Å². The van der Waals surface area contributed by atoms with E-state index in [9.17, 15) is 9.59 Å². The molecule has 1 unspecified atom stereocenters. The lowest BCUT2D eigenvalue weighted by atomic mass is 10.1. The van der Waals surface area contributed by atoms with Crippen molar-refractivity contribution in [3.8, 4) is 11.5 Å². The van der Waals surface area contributed by atoms with Crippen molar-refractivity contribution in [2.24, 2.45) is 0 Å². The van der Waals surface area contributed by atoms with Crippen molar-refractivity contribution >= 4 is 17.3 Å². The van der Waals surface area contributed by atoms with Gasteiger partial charge < -0.3 is 24.1 Å². The van der Waals surface area contributed by atoms with Gasteiger partial charge in [0.1, 0.15) is 17.3 Å². The molecule has 1 N–H and O–H groups in total. The summed E-state index contributed by atoms with van der Waals surface area (Å²) in [5.41, 5.74) is 2.47. The maximum atomic E-state index is 13.3. The van der Waals surface area contributed by atoms with E-state index in [2.05, 4.69) is 5.32 Å². The SMILES string of the molecule is COc1ccc(OC)c(CNC(=O)c2nc(C3CCCN3C(=O)c3ccccc3)n3ccccc23)c1. The molecule has 1 aliphatic heterocycles. The zero-order valence-corrected chi connectivity index (χ0v) is 20.3. The third-order valence-electron chi connectivity index (χ3n) is 6.55. The number of hydrogen-bond donors (Lipinski definition) is 1. The number of rotatable bonds is 7. The van der Waals surface area contributed by atoms with Crippen LogP contribution in [-0.4, -0.2) is 46.9 Å². The van der Waals surface area contributed by atoms with Gasteiger partial charge in [-0.1, -0.05) is 24.3 Å². The van der Waals surface area contributed by atoms with Crippen molar-refractivity contribution in [2.45, 2.75) is 25.4 Å². The van der Waals surface area contributed by atoms with Crippen LogP contribution in [0.3, 0.4) is 0 Å². The van der Waals surface area contributed by atoms with E-state index in [0.717, 1.165) is 18.4 Å². The molecule has 2 aromatic heterocycles. The molecule has 0 bridgehead atoms. The summed E-state index contributed by atoms with van der Waals surface area (Å²) in [6.07, 6.45) is 3.56. The molecule has 5 rings (SSSR count). The molecule has 1 atom stereocenters. The number of benzene rings is 2. The van der Waals surface area contributed by atoms with Gasteiger partial charge in [-0.25, -0.2) is 4.98 Å². The predicted octanol–water partition coefficient (Wildman–Crippen LogP) is 4.26. The largest absolute Gasteiger partial charge is 0.497 e. The Kier molecular flexibility index (Phi) is 6.58. The second-order valence-corrected chi connectivity index (χ2v) is 8.66. The normalized spacial score (nSPS) is 15.2. The summed E-state index contributed by atoms with van der Waals surface area (Å²) >= 11 is 0. The quantitative estimate of drug-likeness (QED) is 0.424. The van der Waals surface area contributed by atoms with E-state index < -0.39 is 0 Å². The minimum absolute atomic E-state index is 0.0260. The van der Waals surface area contributed by atoms with E-state index in [1.54, 1.807) is 14.2 Å². The summed E-state index contributed by atoms with van der Waals surface area (Å²) in [4.78, 5) is 33.2. The summed E-state index contributed by atoms with van der Waals surface area (Å²) in [6, 6.07) is 20.2. The van der Waals surface area contributed by atoms with Gasteiger partial charge in [-0.15, -0.1) is 0 Å². The van der Waals surface area contributed by atoms with E-state index in [4.69, 9.17) is 14.5 Å². The van der Waals surface area contributed by atoms with Crippen LogP contribution >= 0.6 is 0 Å². The highest BCUT2D eigenvalue weighted by Gasteiger charge is 2.34. The molecule has 4 aromatic rings. The second kappa shape index (κ2) is 10.1. The molecule has 1 fully saturated rings. The van der Waals surface area contributed by atoms with E-state index in [1.165, 1.54) is 0 Å². The van der Waals surface area contributed by atoms with Gasteiger partial charge in [-0.3, -0.25) is 9.59 Å². The van der Waals surface area contributed by atoms with Crippen LogP contribution in [0.25, 0.3) is 5.52 Å². The third kappa shape index (κ3) is 4.37. The van der Waals surface area contributed by atoms with Crippen LogP contribution in [0.5, 0.6) is 11.5 Å². The molecular formula is C28H28N4O4. The van der Waals surface area contributed by atoms with Crippen LogP contribution in [0.15, 0.2) is 72.9 Å². The molecule has 2 aromatic carbocycles. The lowest BCUT2D eigenvalue weighted by molar-refractivity contribution is 0.0729. The Balaban J connectivity index is 1.43. The first-order valence-electron chi connectivity index (χ1n) is 11.9. The number of amides is 2. The smallest absolute Gasteiger partial charge is 0.272 e. The van der Waals surface area contributed by atoms with Crippen molar-refractivity contribution in [3.63, 3.8) is 0 Å². The van der Waals surface area contributed by atoms with Gasteiger partial charge >= 0.3 is 0 Å². The Morgan fingerprint density at radius 2 is 1.83 bits per heavy atom. The maximum absolute atomic E-state index is 13.3. The first-order valence-corrected chi connectivity index (χ1v) is 11.9. The van der Waals surface area contributed by atoms with E-state index in [1.807, 2.05) is 82.2 Å². The van der Waals surface area contributed by atoms with E-state index >= 15 is 0 Å². The monoisotopic (exact) mass is 484 g/mol. The minimum atomic E-state index is -0.297. The van der Waals surface area contributed by atoms with Crippen LogP contribution < -0.4 is 14.8 Å². The van der Waals surface area contributed by atoms with Gasteiger partial charge in [0.15, 0.2) is 5.69 Å². The fourth-order valence-corrected chi connectivity index (χ4v) is 4.77. The zero-order chi connectivity index (χ0) is 25.1. The fourth-order valence-electron chi connectivity index (χ4n) is 4.77. The van der Waals surface area contributed by atoms with Crippen LogP contribution in [-0.2, 0) is 6.54 Å². The number of imidazole rings is 1. The summed E-state index contributed by atoms with van der Waals surface area (Å²) in [7, 11) is 3.18. The number of likely N-dealkylation sites (tertiary alicyclic amines) is 1. The second-order valence-electron chi connectivity index (χ2n) is 8.66. The van der Waals surface area contributed by atoms with Crippen molar-refractivity contribution in [2.75, 3.05) is 20.8 Å². The minimum Gasteiger partial charge on any atom is -0.497 e. The molecule has 0 spiro atoms. The van der Waals surface area contributed by atoms with E-state index in [-0.39, 0.29) is 24.4 Å². The van der Waals surface area contributed by atoms with Gasteiger partial charge in [0.25, 0.3) is 11.8 Å². The number of nitrogens with one attached hydrogen (secondary N) is 1. The zero-order valence-electron chi connectivity index (χ0n) is 20.3. The van der Waals surface area contributed by atoms with Crippen LogP contribution in [0.1, 0.15) is 51.1 Å². The highest BCUT2D eigenvalue weighted by molar-refractivity contribution is 5.99. The van der Waals surface area contributed by atoms with Gasteiger partial charge in [0.2, 0.25) is 0 Å². The third-order valence-corrected chi connectivity index (χ3v) is 6.55. The Morgan fingerprint density at radius 1 is 1.03 bits per heavy atom. The molecule has 8 nitrogen and oxygen atoms in total. The average Bonchev–Trinajstić information content (AvgIpc) is 3.56. The Hall–Kier alpha value is -4.33. The molecule has 0 saturated carbocycles. The Morgan fingerprint density at radius 3 is 2.61 bits per heavy atom. The van der Waals surface area contributed by atoms with Crippen molar-refractivity contribution in [1.82, 2.24) is 19.6 Å². The number of carbonyl (C=O) groups excluding carboxylic acids is 2. The standard InChI is InChI=1S/C28H28N4O4/c1-35-21-13-14-24(36-2)20(17-21)18-29-27(33)25-22-11-6-7-15-31(22)26(30-25)23-12-8-16-32(23)28(34)19-9-4-3-5-10-19/h3-7,9-11,13-15,17,23H,8,12,16,18H2,1-2H3,(H,29,33). The average molecular weight is 485 g/mol. The topological polar surface area (TPSA) is 85.2 Å². The summed E-state index contributed by atoms with van der Waals surface area (Å²) in [5.74, 6) is 1.71. The number of carbonyl (C=O) groups is 2. The fraction of sp³-hybridized carbons (Fsp3) is 0.250. The van der Waals surface area contributed by atoms with Crippen LogP contribution in [0.2, 0.25) is 0 Å². The lowest BCUT2D eigenvalue weighted by Crippen LogP contribution is -2.31. The predicted molar refractivity (Wildman–Crippen MR) is 135 cm³/mol. The molecule has 184 valence electrons. The van der Waals surface area contributed by atoms with Crippen molar-refractivity contribution in [3.05, 3.63) is 95.6 Å². The molecule has 1 saturated heterocycles. The number of ether oxygens (including phenoxy) is 2. The van der Waals surface area contributed by atoms with Gasteiger partial charge in [-0.2, -0.15) is 0 Å². The first kappa shape index (κ1) is 23.4. The molecule has 1 aliphatic rings. The molecule has 36 heavy (non-hydrogen) atoms. The highest BCUT2D eigenvalue weighted by atomic mass is 16.5. The maximum Gasteiger partial charge on any atom is 0.272 e. The number of fused-ring (bicyclic) bond motifs is 1. The summed E-state index contributed by atoms with van der Waals surface area (Å²) in [6.45, 7) is 0.903. The van der Waals surface area contributed by atoms with Crippen LogP contribution in [0.4, 0.5) is 0 Å². The Bertz CT molecular complexity index is 1400. The number of pyridine rings is 1.